The monoisotopic (exact) mass is 274 g/mol. The summed E-state index contributed by atoms with van der Waals surface area (Å²) in [6, 6.07) is 8.68. The predicted octanol–water partition coefficient (Wildman–Crippen LogP) is 2.60. The van der Waals surface area contributed by atoms with Crippen LogP contribution >= 0.6 is 0 Å². The lowest BCUT2D eigenvalue weighted by Gasteiger charge is -2.15. The van der Waals surface area contributed by atoms with Gasteiger partial charge in [-0.25, -0.2) is 4.79 Å². The van der Waals surface area contributed by atoms with Gasteiger partial charge in [-0.15, -0.1) is 0 Å². The standard InChI is InChI=1S/C13H13F3O3/c1-9(7-11(17)13(14,15)16)12(18)19-8-10-5-3-2-4-6-10/h2-6,11,17H,1,7-8H2/t11-/m0/s1. The molecule has 0 aliphatic heterocycles. The van der Waals surface area contributed by atoms with E-state index in [-0.39, 0.29) is 6.61 Å². The molecule has 1 aromatic carbocycles. The van der Waals surface area contributed by atoms with E-state index in [4.69, 9.17) is 9.84 Å². The van der Waals surface area contributed by atoms with E-state index in [1.54, 1.807) is 30.3 Å². The first-order valence-corrected chi connectivity index (χ1v) is 5.44. The Morgan fingerprint density at radius 1 is 1.32 bits per heavy atom. The summed E-state index contributed by atoms with van der Waals surface area (Å²) in [4.78, 5) is 11.4. The lowest BCUT2D eigenvalue weighted by Crippen LogP contribution is -2.30. The van der Waals surface area contributed by atoms with E-state index in [1.165, 1.54) is 0 Å². The van der Waals surface area contributed by atoms with Crippen LogP contribution in [-0.4, -0.2) is 23.4 Å². The molecule has 1 rings (SSSR count). The van der Waals surface area contributed by atoms with Crippen LogP contribution < -0.4 is 0 Å². The van der Waals surface area contributed by atoms with Gasteiger partial charge < -0.3 is 9.84 Å². The molecule has 19 heavy (non-hydrogen) atoms. The minimum absolute atomic E-state index is 0.0548. The molecule has 0 spiro atoms. The number of hydrogen-bond acceptors (Lipinski definition) is 3. The summed E-state index contributed by atoms with van der Waals surface area (Å²) in [6.07, 6.45) is -8.27. The van der Waals surface area contributed by atoms with Gasteiger partial charge in [0.25, 0.3) is 0 Å². The molecule has 3 nitrogen and oxygen atoms in total. The van der Waals surface area contributed by atoms with Crippen molar-refractivity contribution < 1.29 is 27.8 Å². The van der Waals surface area contributed by atoms with Gasteiger partial charge >= 0.3 is 12.1 Å². The Morgan fingerprint density at radius 2 is 1.89 bits per heavy atom. The first-order valence-electron chi connectivity index (χ1n) is 5.44. The summed E-state index contributed by atoms with van der Waals surface area (Å²) in [7, 11) is 0. The summed E-state index contributed by atoms with van der Waals surface area (Å²) in [5.74, 6) is -0.952. The maximum atomic E-state index is 12.1. The topological polar surface area (TPSA) is 46.5 Å². The summed E-state index contributed by atoms with van der Waals surface area (Å²) in [5.41, 5.74) is 0.292. The van der Waals surface area contributed by atoms with Crippen molar-refractivity contribution in [2.75, 3.05) is 0 Å². The fraction of sp³-hybridized carbons (Fsp3) is 0.308. The third-order valence-corrected chi connectivity index (χ3v) is 2.32. The lowest BCUT2D eigenvalue weighted by atomic mass is 10.1. The molecule has 104 valence electrons. The van der Waals surface area contributed by atoms with Crippen molar-refractivity contribution in [1.29, 1.82) is 0 Å². The van der Waals surface area contributed by atoms with Crippen LogP contribution in [0.1, 0.15) is 12.0 Å². The van der Waals surface area contributed by atoms with Gasteiger partial charge in [-0.05, 0) is 5.56 Å². The molecule has 0 aliphatic rings. The fourth-order valence-corrected chi connectivity index (χ4v) is 1.26. The quantitative estimate of drug-likeness (QED) is 0.663. The van der Waals surface area contributed by atoms with Gasteiger partial charge in [0.05, 0.1) is 0 Å². The summed E-state index contributed by atoms with van der Waals surface area (Å²) < 4.78 is 41.0. The van der Waals surface area contributed by atoms with E-state index in [9.17, 15) is 18.0 Å². The number of ether oxygens (including phenoxy) is 1. The van der Waals surface area contributed by atoms with Crippen LogP contribution in [0.15, 0.2) is 42.5 Å². The molecule has 0 aromatic heterocycles. The number of esters is 1. The molecule has 1 aromatic rings. The second-order valence-corrected chi connectivity index (χ2v) is 3.93. The van der Waals surface area contributed by atoms with Crippen LogP contribution in [0.2, 0.25) is 0 Å². The Bertz CT molecular complexity index is 440. The summed E-state index contributed by atoms with van der Waals surface area (Å²) in [5, 5.41) is 8.80. The van der Waals surface area contributed by atoms with E-state index in [0.717, 1.165) is 0 Å². The molecule has 0 heterocycles. The second kappa shape index (κ2) is 6.38. The molecule has 1 atom stereocenters. The van der Waals surface area contributed by atoms with Gasteiger partial charge in [-0.1, -0.05) is 36.9 Å². The number of hydrogen-bond donors (Lipinski definition) is 1. The minimum atomic E-state index is -4.78. The number of aliphatic hydroxyl groups excluding tert-OH is 1. The number of benzene rings is 1. The van der Waals surface area contributed by atoms with Gasteiger partial charge in [-0.2, -0.15) is 13.2 Å². The number of alkyl halides is 3. The molecule has 0 aliphatic carbocycles. The number of carbonyl (C=O) groups excluding carboxylic acids is 1. The zero-order valence-corrected chi connectivity index (χ0v) is 9.98. The van der Waals surface area contributed by atoms with Crippen molar-refractivity contribution in [1.82, 2.24) is 0 Å². The van der Waals surface area contributed by atoms with Crippen LogP contribution in [0.5, 0.6) is 0 Å². The van der Waals surface area contributed by atoms with Crippen LogP contribution in [-0.2, 0) is 16.1 Å². The Morgan fingerprint density at radius 3 is 2.42 bits per heavy atom. The van der Waals surface area contributed by atoms with Crippen LogP contribution in [0.4, 0.5) is 13.2 Å². The highest BCUT2D eigenvalue weighted by Gasteiger charge is 2.39. The molecule has 0 fully saturated rings. The van der Waals surface area contributed by atoms with Crippen molar-refractivity contribution in [3.05, 3.63) is 48.0 Å². The Kier molecular flexibility index (Phi) is 5.11. The van der Waals surface area contributed by atoms with Gasteiger partial charge in [0.1, 0.15) is 6.61 Å². The van der Waals surface area contributed by atoms with E-state index in [2.05, 4.69) is 6.58 Å². The van der Waals surface area contributed by atoms with Crippen molar-refractivity contribution in [2.24, 2.45) is 0 Å². The number of halogens is 3. The molecule has 0 bridgehead atoms. The highest BCUT2D eigenvalue weighted by atomic mass is 19.4. The van der Waals surface area contributed by atoms with Crippen molar-refractivity contribution in [2.45, 2.75) is 25.3 Å². The SMILES string of the molecule is C=C(C[C@H](O)C(F)(F)F)C(=O)OCc1ccccc1. The maximum Gasteiger partial charge on any atom is 0.414 e. The Labute approximate surface area is 108 Å². The fourth-order valence-electron chi connectivity index (χ4n) is 1.26. The van der Waals surface area contributed by atoms with Crippen LogP contribution in [0.25, 0.3) is 0 Å². The number of carbonyl (C=O) groups is 1. The highest BCUT2D eigenvalue weighted by molar-refractivity contribution is 5.87. The van der Waals surface area contributed by atoms with Crippen molar-refractivity contribution in [3.63, 3.8) is 0 Å². The molecule has 0 saturated heterocycles. The third kappa shape index (κ3) is 5.13. The normalized spacial score (nSPS) is 12.8. The Balaban J connectivity index is 2.44. The maximum absolute atomic E-state index is 12.1. The van der Waals surface area contributed by atoms with Gasteiger partial charge in [0.2, 0.25) is 0 Å². The second-order valence-electron chi connectivity index (χ2n) is 3.93. The molecule has 1 N–H and O–H groups in total. The van der Waals surface area contributed by atoms with E-state index >= 15 is 0 Å². The van der Waals surface area contributed by atoms with Crippen LogP contribution in [0, 0.1) is 0 Å². The summed E-state index contributed by atoms with van der Waals surface area (Å²) in [6.45, 7) is 3.13. The van der Waals surface area contributed by atoms with E-state index in [1.807, 2.05) is 0 Å². The lowest BCUT2D eigenvalue weighted by molar-refractivity contribution is -0.203. The minimum Gasteiger partial charge on any atom is -0.457 e. The van der Waals surface area contributed by atoms with E-state index in [0.29, 0.717) is 5.56 Å². The third-order valence-electron chi connectivity index (χ3n) is 2.32. The molecule has 0 unspecified atom stereocenters. The van der Waals surface area contributed by atoms with E-state index < -0.39 is 30.2 Å². The van der Waals surface area contributed by atoms with Gasteiger partial charge in [0.15, 0.2) is 6.10 Å². The highest BCUT2D eigenvalue weighted by Crippen LogP contribution is 2.24. The van der Waals surface area contributed by atoms with Crippen LogP contribution in [0.3, 0.4) is 0 Å². The smallest absolute Gasteiger partial charge is 0.414 e. The van der Waals surface area contributed by atoms with Gasteiger partial charge in [-0.3, -0.25) is 0 Å². The molecule has 0 radical (unpaired) electrons. The zero-order chi connectivity index (χ0) is 14.5. The first-order chi connectivity index (χ1) is 8.80. The average molecular weight is 274 g/mol. The molecule has 0 saturated carbocycles. The summed E-state index contributed by atoms with van der Waals surface area (Å²) >= 11 is 0. The predicted molar refractivity (Wildman–Crippen MR) is 62.1 cm³/mol. The molecule has 0 amide bonds. The largest absolute Gasteiger partial charge is 0.457 e. The van der Waals surface area contributed by atoms with Gasteiger partial charge in [0, 0.05) is 12.0 Å². The number of aliphatic hydroxyl groups is 1. The molecule has 6 heteroatoms. The van der Waals surface area contributed by atoms with Crippen molar-refractivity contribution >= 4 is 5.97 Å². The average Bonchev–Trinajstić information content (AvgIpc) is 2.35. The molecular weight excluding hydrogens is 261 g/mol. The Hall–Kier alpha value is -1.82. The molecular formula is C13H13F3O3. The number of rotatable bonds is 5. The zero-order valence-electron chi connectivity index (χ0n) is 9.98. The first kappa shape index (κ1) is 15.2. The van der Waals surface area contributed by atoms with Crippen molar-refractivity contribution in [3.8, 4) is 0 Å².